The summed E-state index contributed by atoms with van der Waals surface area (Å²) >= 11 is 0. The highest BCUT2D eigenvalue weighted by atomic mass is 16.5. The lowest BCUT2D eigenvalue weighted by Gasteiger charge is -2.17. The van der Waals surface area contributed by atoms with Crippen molar-refractivity contribution in [3.05, 3.63) is 59.7 Å². The Bertz CT molecular complexity index is 963. The van der Waals surface area contributed by atoms with Gasteiger partial charge in [0.1, 0.15) is 12.7 Å². The molecule has 2 fully saturated rings. The molecule has 2 saturated heterocycles. The monoisotopic (exact) mass is 453 g/mol. The predicted octanol–water partition coefficient (Wildman–Crippen LogP) is 3.39. The van der Waals surface area contributed by atoms with Crippen molar-refractivity contribution < 1.29 is 28.5 Å². The second-order valence-electron chi connectivity index (χ2n) is 8.59. The maximum atomic E-state index is 12.5. The number of esters is 2. The van der Waals surface area contributed by atoms with Gasteiger partial charge in [0, 0.05) is 25.4 Å². The van der Waals surface area contributed by atoms with E-state index in [2.05, 4.69) is 4.90 Å². The number of nitrogens with zero attached hydrogens (tertiary/aromatic N) is 1. The van der Waals surface area contributed by atoms with Crippen LogP contribution in [0.4, 0.5) is 0 Å². The van der Waals surface area contributed by atoms with E-state index in [1.807, 2.05) is 48.5 Å². The molecule has 0 aromatic heterocycles. The molecule has 0 amide bonds. The van der Waals surface area contributed by atoms with Crippen LogP contribution in [-0.4, -0.2) is 56.3 Å². The Morgan fingerprint density at radius 1 is 1.03 bits per heavy atom. The van der Waals surface area contributed by atoms with Crippen molar-refractivity contribution in [3.8, 4) is 11.5 Å². The molecule has 2 aromatic rings. The molecule has 2 aliphatic rings. The van der Waals surface area contributed by atoms with Gasteiger partial charge in [0.05, 0.1) is 20.1 Å². The highest BCUT2D eigenvalue weighted by Crippen LogP contribution is 2.35. The molecule has 7 heteroatoms. The SMILES string of the molecule is COC(=O)[C@@H]1CCN2C[C@@H](OC(=O)CCc3ccc(OCc4ccccc4)c(OC)c3)C[C@H]12. The van der Waals surface area contributed by atoms with Crippen LogP contribution < -0.4 is 9.47 Å². The van der Waals surface area contributed by atoms with Gasteiger partial charge in [0.15, 0.2) is 11.5 Å². The van der Waals surface area contributed by atoms with Crippen molar-refractivity contribution in [1.82, 2.24) is 4.90 Å². The summed E-state index contributed by atoms with van der Waals surface area (Å²) in [7, 11) is 3.03. The largest absolute Gasteiger partial charge is 0.493 e. The number of carbonyl (C=O) groups is 2. The molecule has 0 N–H and O–H groups in total. The van der Waals surface area contributed by atoms with Gasteiger partial charge in [-0.1, -0.05) is 36.4 Å². The van der Waals surface area contributed by atoms with Crippen LogP contribution in [0.25, 0.3) is 0 Å². The number of ether oxygens (including phenoxy) is 4. The van der Waals surface area contributed by atoms with E-state index in [4.69, 9.17) is 18.9 Å². The van der Waals surface area contributed by atoms with E-state index in [-0.39, 0.29) is 36.4 Å². The van der Waals surface area contributed by atoms with Gasteiger partial charge in [-0.05, 0) is 42.6 Å². The number of hydrogen-bond acceptors (Lipinski definition) is 7. The second-order valence-corrected chi connectivity index (χ2v) is 8.59. The standard InChI is InChI=1S/C26H31NO6/c1-30-24-14-18(8-10-23(24)32-17-19-6-4-3-5-7-19)9-11-25(28)33-20-15-22-21(26(29)31-2)12-13-27(22)16-20/h3-8,10,14,20-22H,9,11-13,15-17H2,1-2H3/t20-,21+,22+/m0/s1. The molecule has 3 atom stereocenters. The summed E-state index contributed by atoms with van der Waals surface area (Å²) in [5, 5.41) is 0. The molecule has 0 aliphatic carbocycles. The minimum atomic E-state index is -0.223. The van der Waals surface area contributed by atoms with Crippen LogP contribution in [0.5, 0.6) is 11.5 Å². The first kappa shape index (κ1) is 23.1. The molecular weight excluding hydrogens is 422 g/mol. The Morgan fingerprint density at radius 2 is 1.85 bits per heavy atom. The lowest BCUT2D eigenvalue weighted by atomic mass is 9.98. The summed E-state index contributed by atoms with van der Waals surface area (Å²) in [4.78, 5) is 26.6. The first-order valence-electron chi connectivity index (χ1n) is 11.4. The first-order chi connectivity index (χ1) is 16.1. The molecule has 2 aromatic carbocycles. The van der Waals surface area contributed by atoms with Gasteiger partial charge in [-0.2, -0.15) is 0 Å². The zero-order valence-corrected chi connectivity index (χ0v) is 19.2. The van der Waals surface area contributed by atoms with E-state index in [1.165, 1.54) is 7.11 Å². The number of carbonyl (C=O) groups excluding carboxylic acids is 2. The van der Waals surface area contributed by atoms with E-state index in [9.17, 15) is 9.59 Å². The molecule has 2 aliphatic heterocycles. The fourth-order valence-electron chi connectivity index (χ4n) is 4.79. The van der Waals surface area contributed by atoms with Crippen LogP contribution >= 0.6 is 0 Å². The van der Waals surface area contributed by atoms with Crippen LogP contribution in [0.2, 0.25) is 0 Å². The van der Waals surface area contributed by atoms with Crippen LogP contribution in [0.15, 0.2) is 48.5 Å². The van der Waals surface area contributed by atoms with Gasteiger partial charge in [-0.3, -0.25) is 14.5 Å². The normalized spacial score (nSPS) is 21.9. The van der Waals surface area contributed by atoms with Crippen LogP contribution in [0.1, 0.15) is 30.4 Å². The highest BCUT2D eigenvalue weighted by Gasteiger charge is 2.46. The molecule has 33 heavy (non-hydrogen) atoms. The third kappa shape index (κ3) is 5.66. The molecule has 0 unspecified atom stereocenters. The van der Waals surface area contributed by atoms with Gasteiger partial charge in [-0.15, -0.1) is 0 Å². The van der Waals surface area contributed by atoms with Gasteiger partial charge in [-0.25, -0.2) is 0 Å². The number of fused-ring (bicyclic) bond motifs is 1. The van der Waals surface area contributed by atoms with Crippen LogP contribution in [0, 0.1) is 5.92 Å². The topological polar surface area (TPSA) is 74.3 Å². The summed E-state index contributed by atoms with van der Waals surface area (Å²) in [5.41, 5.74) is 2.06. The zero-order valence-electron chi connectivity index (χ0n) is 19.2. The quantitative estimate of drug-likeness (QED) is 0.539. The number of aryl methyl sites for hydroxylation is 1. The first-order valence-corrected chi connectivity index (χ1v) is 11.4. The van der Waals surface area contributed by atoms with Gasteiger partial charge in [0.2, 0.25) is 0 Å². The van der Waals surface area contributed by atoms with E-state index in [1.54, 1.807) is 7.11 Å². The molecule has 7 nitrogen and oxygen atoms in total. The molecule has 0 radical (unpaired) electrons. The summed E-state index contributed by atoms with van der Waals surface area (Å²) < 4.78 is 22.0. The van der Waals surface area contributed by atoms with Gasteiger partial charge >= 0.3 is 11.9 Å². The van der Waals surface area contributed by atoms with E-state index in [0.717, 1.165) is 24.1 Å². The number of benzene rings is 2. The van der Waals surface area contributed by atoms with Crippen molar-refractivity contribution in [3.63, 3.8) is 0 Å². The maximum Gasteiger partial charge on any atom is 0.310 e. The maximum absolute atomic E-state index is 12.5. The summed E-state index contributed by atoms with van der Waals surface area (Å²) in [6, 6.07) is 15.8. The van der Waals surface area contributed by atoms with Crippen molar-refractivity contribution in [2.45, 2.75) is 44.4 Å². The van der Waals surface area contributed by atoms with Crippen LogP contribution in [0.3, 0.4) is 0 Å². The minimum absolute atomic E-state index is 0.114. The summed E-state index contributed by atoms with van der Waals surface area (Å²) in [5.74, 6) is 0.800. The van der Waals surface area contributed by atoms with Crippen molar-refractivity contribution in [2.75, 3.05) is 27.3 Å². The van der Waals surface area contributed by atoms with Gasteiger partial charge in [0.25, 0.3) is 0 Å². The smallest absolute Gasteiger partial charge is 0.310 e. The molecule has 0 spiro atoms. The summed E-state index contributed by atoms with van der Waals surface area (Å²) in [6.45, 7) is 1.99. The van der Waals surface area contributed by atoms with E-state index >= 15 is 0 Å². The van der Waals surface area contributed by atoms with E-state index < -0.39 is 0 Å². The predicted molar refractivity (Wildman–Crippen MR) is 122 cm³/mol. The Hall–Kier alpha value is -3.06. The number of methoxy groups -OCH3 is 2. The highest BCUT2D eigenvalue weighted by molar-refractivity contribution is 5.74. The summed E-state index contributed by atoms with van der Waals surface area (Å²) in [6.07, 6.45) is 2.17. The van der Waals surface area contributed by atoms with Crippen molar-refractivity contribution in [2.24, 2.45) is 5.92 Å². The average Bonchev–Trinajstić information content (AvgIpc) is 3.42. The molecular formula is C26H31NO6. The third-order valence-corrected chi connectivity index (χ3v) is 6.49. The Morgan fingerprint density at radius 3 is 2.61 bits per heavy atom. The average molecular weight is 454 g/mol. The lowest BCUT2D eigenvalue weighted by molar-refractivity contribution is -0.148. The molecule has 2 heterocycles. The minimum Gasteiger partial charge on any atom is -0.493 e. The fraction of sp³-hybridized carbons (Fsp3) is 0.462. The van der Waals surface area contributed by atoms with Gasteiger partial charge < -0.3 is 18.9 Å². The molecule has 176 valence electrons. The molecule has 4 rings (SSSR count). The number of rotatable bonds is 9. The lowest BCUT2D eigenvalue weighted by Crippen LogP contribution is -2.30. The number of hydrogen-bond donors (Lipinski definition) is 0. The van der Waals surface area contributed by atoms with Crippen molar-refractivity contribution in [1.29, 1.82) is 0 Å². The Balaban J connectivity index is 1.26. The Labute approximate surface area is 194 Å². The van der Waals surface area contributed by atoms with Crippen LogP contribution in [-0.2, 0) is 32.1 Å². The molecule has 0 saturated carbocycles. The Kier molecular flexibility index (Phi) is 7.50. The van der Waals surface area contributed by atoms with E-state index in [0.29, 0.717) is 37.5 Å². The second kappa shape index (κ2) is 10.7. The zero-order chi connectivity index (χ0) is 23.2. The fourth-order valence-corrected chi connectivity index (χ4v) is 4.79. The molecule has 0 bridgehead atoms. The van der Waals surface area contributed by atoms with Crippen molar-refractivity contribution >= 4 is 11.9 Å². The third-order valence-electron chi connectivity index (χ3n) is 6.49.